The van der Waals surface area contributed by atoms with Gasteiger partial charge in [-0.3, -0.25) is 4.98 Å². The molecule has 1 aromatic rings. The van der Waals surface area contributed by atoms with Gasteiger partial charge in [-0.05, 0) is 44.0 Å². The molecule has 3 rings (SSSR count). The molecule has 0 N–H and O–H groups in total. The predicted octanol–water partition coefficient (Wildman–Crippen LogP) is 1.82. The molecule has 2 fully saturated rings. The number of aromatic nitrogens is 1. The van der Waals surface area contributed by atoms with E-state index in [2.05, 4.69) is 28.2 Å². The van der Waals surface area contributed by atoms with E-state index in [0.717, 1.165) is 0 Å². The van der Waals surface area contributed by atoms with Crippen molar-refractivity contribution in [1.82, 2.24) is 9.88 Å². The molecule has 0 spiro atoms. The van der Waals surface area contributed by atoms with Gasteiger partial charge in [-0.1, -0.05) is 6.07 Å². The Labute approximate surface area is 85.0 Å². The second-order valence-corrected chi connectivity index (χ2v) is 4.65. The lowest BCUT2D eigenvalue weighted by Gasteiger charge is -2.34. The Bertz CT molecular complexity index is 318. The Morgan fingerprint density at radius 2 is 2.29 bits per heavy atom. The van der Waals surface area contributed by atoms with E-state index < -0.39 is 0 Å². The first kappa shape index (κ1) is 8.42. The number of hydrogen-bond donors (Lipinski definition) is 0. The van der Waals surface area contributed by atoms with Crippen LogP contribution in [0.2, 0.25) is 0 Å². The van der Waals surface area contributed by atoms with Crippen molar-refractivity contribution in [2.45, 2.75) is 24.7 Å². The van der Waals surface area contributed by atoms with Crippen LogP contribution in [-0.2, 0) is 5.41 Å². The van der Waals surface area contributed by atoms with Gasteiger partial charge in [0, 0.05) is 24.4 Å². The van der Waals surface area contributed by atoms with Crippen LogP contribution in [0.3, 0.4) is 0 Å². The summed E-state index contributed by atoms with van der Waals surface area (Å²) in [6.07, 6.45) is 7.98. The van der Waals surface area contributed by atoms with Crippen molar-refractivity contribution < 1.29 is 0 Å². The minimum absolute atomic E-state index is 0.451. The van der Waals surface area contributed by atoms with E-state index in [-0.39, 0.29) is 0 Å². The van der Waals surface area contributed by atoms with Crippen LogP contribution in [-0.4, -0.2) is 29.5 Å². The number of rotatable bonds is 1. The average molecular weight is 188 g/mol. The van der Waals surface area contributed by atoms with Gasteiger partial charge in [0.2, 0.25) is 0 Å². The van der Waals surface area contributed by atoms with Crippen molar-refractivity contribution in [3.8, 4) is 0 Å². The third kappa shape index (κ3) is 1.17. The fourth-order valence-electron chi connectivity index (χ4n) is 3.05. The van der Waals surface area contributed by atoms with E-state index in [4.69, 9.17) is 0 Å². The Hall–Kier alpha value is -0.890. The molecule has 74 valence electrons. The molecule has 0 aromatic carbocycles. The lowest BCUT2D eigenvalue weighted by atomic mass is 9.76. The summed E-state index contributed by atoms with van der Waals surface area (Å²) in [5, 5.41) is 0. The first-order valence-corrected chi connectivity index (χ1v) is 5.52. The lowest BCUT2D eigenvalue weighted by Crippen LogP contribution is -2.36. The molecule has 2 unspecified atom stereocenters. The van der Waals surface area contributed by atoms with E-state index in [1.807, 2.05) is 6.20 Å². The van der Waals surface area contributed by atoms with Gasteiger partial charge in [-0.25, -0.2) is 0 Å². The van der Waals surface area contributed by atoms with Crippen LogP contribution in [0.1, 0.15) is 24.8 Å². The maximum Gasteiger partial charge on any atom is 0.0306 e. The normalized spacial score (nSPS) is 35.9. The highest BCUT2D eigenvalue weighted by molar-refractivity contribution is 5.25. The van der Waals surface area contributed by atoms with Gasteiger partial charge >= 0.3 is 0 Å². The standard InChI is InChI=1S/C12H16N2/c1-3-11(9-13-6-1)12-4-2-7-14(10-12)8-5-12/h1,3,6,9H,2,4-5,7-8,10H2. The van der Waals surface area contributed by atoms with Gasteiger partial charge < -0.3 is 4.90 Å². The highest BCUT2D eigenvalue weighted by atomic mass is 15.2. The fraction of sp³-hybridized carbons (Fsp3) is 0.583. The molecule has 2 aliphatic rings. The van der Waals surface area contributed by atoms with Gasteiger partial charge in [0.15, 0.2) is 0 Å². The van der Waals surface area contributed by atoms with Gasteiger partial charge in [0.1, 0.15) is 0 Å². The molecule has 2 bridgehead atoms. The molecule has 2 saturated heterocycles. The first-order valence-electron chi connectivity index (χ1n) is 5.52. The molecule has 0 amide bonds. The number of piperidine rings is 1. The number of fused-ring (bicyclic) bond motifs is 2. The highest BCUT2D eigenvalue weighted by Crippen LogP contribution is 2.41. The van der Waals surface area contributed by atoms with Gasteiger partial charge in [-0.15, -0.1) is 0 Å². The summed E-state index contributed by atoms with van der Waals surface area (Å²) in [7, 11) is 0. The summed E-state index contributed by atoms with van der Waals surface area (Å²) >= 11 is 0. The van der Waals surface area contributed by atoms with Crippen molar-refractivity contribution >= 4 is 0 Å². The summed E-state index contributed by atoms with van der Waals surface area (Å²) in [6.45, 7) is 3.86. The van der Waals surface area contributed by atoms with Crippen molar-refractivity contribution in [3.05, 3.63) is 30.1 Å². The van der Waals surface area contributed by atoms with E-state index >= 15 is 0 Å². The Morgan fingerprint density at radius 3 is 3.14 bits per heavy atom. The summed E-state index contributed by atoms with van der Waals surface area (Å²) in [5.74, 6) is 0. The zero-order chi connectivity index (χ0) is 9.43. The van der Waals surface area contributed by atoms with Crippen LogP contribution in [0, 0.1) is 0 Å². The second kappa shape index (κ2) is 3.06. The van der Waals surface area contributed by atoms with Crippen LogP contribution in [0.4, 0.5) is 0 Å². The fourth-order valence-corrected chi connectivity index (χ4v) is 3.05. The maximum atomic E-state index is 4.25. The number of pyridine rings is 1. The van der Waals surface area contributed by atoms with E-state index in [1.54, 1.807) is 0 Å². The highest BCUT2D eigenvalue weighted by Gasteiger charge is 2.41. The third-order valence-electron chi connectivity index (χ3n) is 3.84. The number of nitrogens with zero attached hydrogens (tertiary/aromatic N) is 2. The largest absolute Gasteiger partial charge is 0.302 e. The molecule has 3 heterocycles. The van der Waals surface area contributed by atoms with Gasteiger partial charge in [0.05, 0.1) is 0 Å². The first-order chi connectivity index (χ1) is 6.89. The molecule has 2 aliphatic heterocycles. The monoisotopic (exact) mass is 188 g/mol. The minimum Gasteiger partial charge on any atom is -0.302 e. The lowest BCUT2D eigenvalue weighted by molar-refractivity contribution is 0.243. The van der Waals surface area contributed by atoms with Gasteiger partial charge in [-0.2, -0.15) is 0 Å². The average Bonchev–Trinajstić information content (AvgIpc) is 2.57. The summed E-state index contributed by atoms with van der Waals surface area (Å²) in [5.41, 5.74) is 1.91. The minimum atomic E-state index is 0.451. The molecule has 14 heavy (non-hydrogen) atoms. The Kier molecular flexibility index (Phi) is 1.84. The molecular weight excluding hydrogens is 172 g/mol. The van der Waals surface area contributed by atoms with Crippen LogP contribution in [0.25, 0.3) is 0 Å². The van der Waals surface area contributed by atoms with E-state index in [1.165, 1.54) is 44.5 Å². The van der Waals surface area contributed by atoms with Crippen molar-refractivity contribution in [3.63, 3.8) is 0 Å². The quantitative estimate of drug-likeness (QED) is 0.668. The van der Waals surface area contributed by atoms with Gasteiger partial charge in [0.25, 0.3) is 0 Å². The van der Waals surface area contributed by atoms with Crippen LogP contribution >= 0.6 is 0 Å². The third-order valence-corrected chi connectivity index (χ3v) is 3.84. The second-order valence-electron chi connectivity index (χ2n) is 4.65. The zero-order valence-corrected chi connectivity index (χ0v) is 8.45. The molecule has 2 nitrogen and oxygen atoms in total. The molecule has 2 heteroatoms. The van der Waals surface area contributed by atoms with Crippen LogP contribution < -0.4 is 0 Å². The zero-order valence-electron chi connectivity index (χ0n) is 8.45. The maximum absolute atomic E-state index is 4.25. The predicted molar refractivity (Wildman–Crippen MR) is 56.2 cm³/mol. The van der Waals surface area contributed by atoms with E-state index in [0.29, 0.717) is 5.41 Å². The number of hydrogen-bond acceptors (Lipinski definition) is 2. The summed E-state index contributed by atoms with van der Waals surface area (Å²) in [4.78, 5) is 6.85. The molecular formula is C12H16N2. The van der Waals surface area contributed by atoms with Crippen LogP contribution in [0.5, 0.6) is 0 Å². The summed E-state index contributed by atoms with van der Waals surface area (Å²) in [6, 6.07) is 4.32. The van der Waals surface area contributed by atoms with Crippen molar-refractivity contribution in [1.29, 1.82) is 0 Å². The molecule has 2 atom stereocenters. The molecule has 0 saturated carbocycles. The van der Waals surface area contributed by atoms with Crippen LogP contribution in [0.15, 0.2) is 24.5 Å². The van der Waals surface area contributed by atoms with Crippen molar-refractivity contribution in [2.24, 2.45) is 0 Å². The smallest absolute Gasteiger partial charge is 0.0306 e. The topological polar surface area (TPSA) is 16.1 Å². The van der Waals surface area contributed by atoms with E-state index in [9.17, 15) is 0 Å². The molecule has 1 aromatic heterocycles. The molecule has 0 radical (unpaired) electrons. The Morgan fingerprint density at radius 1 is 1.29 bits per heavy atom. The SMILES string of the molecule is c1cncc(C23CCCN(CC2)C3)c1. The molecule has 0 aliphatic carbocycles. The summed E-state index contributed by atoms with van der Waals surface area (Å²) < 4.78 is 0. The van der Waals surface area contributed by atoms with Crippen molar-refractivity contribution in [2.75, 3.05) is 19.6 Å². The Balaban J connectivity index is 1.97.